The molecule has 0 atom stereocenters. The van der Waals surface area contributed by atoms with Crippen LogP contribution in [0.1, 0.15) is 40.2 Å². The van der Waals surface area contributed by atoms with Crippen LogP contribution in [-0.4, -0.2) is 27.6 Å². The molecule has 100 valence electrons. The first kappa shape index (κ1) is 14.5. The number of hydrogen-bond donors (Lipinski definition) is 0. The fourth-order valence-corrected chi connectivity index (χ4v) is 1.47. The third-order valence-electron chi connectivity index (χ3n) is 2.33. The first-order valence-corrected chi connectivity index (χ1v) is 6.18. The van der Waals surface area contributed by atoms with Gasteiger partial charge in [-0.3, -0.25) is 4.98 Å². The topological polar surface area (TPSA) is 42.4 Å². The minimum atomic E-state index is -0.473. The molecule has 0 aliphatic rings. The summed E-state index contributed by atoms with van der Waals surface area (Å²) in [5, 5.41) is 0. The molecule has 0 radical (unpaired) electrons. The summed E-state index contributed by atoms with van der Waals surface area (Å²) >= 11 is 0. The fourth-order valence-electron chi connectivity index (χ4n) is 1.47. The zero-order valence-electron chi connectivity index (χ0n) is 11.8. The van der Waals surface area contributed by atoms with Gasteiger partial charge in [-0.05, 0) is 46.2 Å². The Labute approximate surface area is 109 Å². The van der Waals surface area contributed by atoms with Crippen molar-refractivity contribution in [2.24, 2.45) is 0 Å². The van der Waals surface area contributed by atoms with E-state index in [0.717, 1.165) is 5.56 Å². The van der Waals surface area contributed by atoms with Gasteiger partial charge in [0.05, 0.1) is 6.54 Å². The number of rotatable bonds is 3. The van der Waals surface area contributed by atoms with E-state index in [1.54, 1.807) is 17.3 Å². The van der Waals surface area contributed by atoms with Crippen molar-refractivity contribution in [1.82, 2.24) is 9.88 Å². The lowest BCUT2D eigenvalue weighted by Crippen LogP contribution is -2.40. The van der Waals surface area contributed by atoms with E-state index < -0.39 is 5.60 Å². The average molecular weight is 250 g/mol. The molecule has 0 aliphatic carbocycles. The van der Waals surface area contributed by atoms with Crippen LogP contribution in [0.4, 0.5) is 4.79 Å². The second-order valence-corrected chi connectivity index (χ2v) is 5.56. The van der Waals surface area contributed by atoms with Crippen molar-refractivity contribution in [3.05, 3.63) is 30.1 Å². The summed E-state index contributed by atoms with van der Waals surface area (Å²) in [5.74, 6) is 0. The smallest absolute Gasteiger partial charge is 0.410 e. The monoisotopic (exact) mass is 250 g/mol. The highest BCUT2D eigenvalue weighted by atomic mass is 16.6. The van der Waals surface area contributed by atoms with Crippen molar-refractivity contribution in [1.29, 1.82) is 0 Å². The Hall–Kier alpha value is -1.58. The lowest BCUT2D eigenvalue weighted by Gasteiger charge is -2.30. The number of carbonyl (C=O) groups excluding carboxylic acids is 1. The molecular formula is C14H22N2O2. The number of nitrogens with zero attached hydrogens (tertiary/aromatic N) is 2. The summed E-state index contributed by atoms with van der Waals surface area (Å²) in [6.07, 6.45) is 3.19. The number of pyridine rings is 1. The molecule has 1 heterocycles. The zero-order valence-corrected chi connectivity index (χ0v) is 11.8. The normalized spacial score (nSPS) is 11.4. The Morgan fingerprint density at radius 1 is 1.44 bits per heavy atom. The molecule has 0 saturated carbocycles. The summed E-state index contributed by atoms with van der Waals surface area (Å²) < 4.78 is 5.40. The fraction of sp³-hybridized carbons (Fsp3) is 0.571. The number of ether oxygens (including phenoxy) is 1. The van der Waals surface area contributed by atoms with E-state index in [4.69, 9.17) is 4.74 Å². The van der Waals surface area contributed by atoms with Crippen molar-refractivity contribution in [2.75, 3.05) is 0 Å². The molecule has 1 aromatic heterocycles. The van der Waals surface area contributed by atoms with Crippen LogP contribution in [0.25, 0.3) is 0 Å². The van der Waals surface area contributed by atoms with Crippen molar-refractivity contribution >= 4 is 6.09 Å². The Balaban J connectivity index is 2.75. The van der Waals surface area contributed by atoms with Gasteiger partial charge in [0.25, 0.3) is 0 Å². The van der Waals surface area contributed by atoms with Gasteiger partial charge in [0.15, 0.2) is 0 Å². The molecule has 1 amide bonds. The molecule has 0 aliphatic heterocycles. The first-order valence-electron chi connectivity index (χ1n) is 6.18. The molecule has 0 unspecified atom stereocenters. The highest BCUT2D eigenvalue weighted by Crippen LogP contribution is 2.14. The minimum absolute atomic E-state index is 0.0834. The van der Waals surface area contributed by atoms with Crippen LogP contribution in [0.5, 0.6) is 0 Å². The largest absolute Gasteiger partial charge is 0.444 e. The highest BCUT2D eigenvalue weighted by Gasteiger charge is 2.24. The maximum Gasteiger partial charge on any atom is 0.410 e. The standard InChI is InChI=1S/C14H22N2O2/c1-11(2)16(13(17)18-14(3,4)5)10-12-7-6-8-15-9-12/h6-9,11H,10H2,1-5H3. The molecule has 0 N–H and O–H groups in total. The maximum atomic E-state index is 12.1. The van der Waals surface area contributed by atoms with Crippen molar-refractivity contribution in [3.63, 3.8) is 0 Å². The van der Waals surface area contributed by atoms with Crippen LogP contribution in [-0.2, 0) is 11.3 Å². The number of carbonyl (C=O) groups is 1. The summed E-state index contributed by atoms with van der Waals surface area (Å²) in [7, 11) is 0. The Morgan fingerprint density at radius 2 is 2.11 bits per heavy atom. The van der Waals surface area contributed by atoms with E-state index in [1.807, 2.05) is 46.8 Å². The number of amides is 1. The molecule has 0 bridgehead atoms. The molecular weight excluding hydrogens is 228 g/mol. The van der Waals surface area contributed by atoms with Crippen molar-refractivity contribution in [2.45, 2.75) is 52.8 Å². The van der Waals surface area contributed by atoms with Gasteiger partial charge in [-0.15, -0.1) is 0 Å². The minimum Gasteiger partial charge on any atom is -0.444 e. The second-order valence-electron chi connectivity index (χ2n) is 5.56. The third-order valence-corrected chi connectivity index (χ3v) is 2.33. The average Bonchev–Trinajstić information content (AvgIpc) is 2.24. The molecule has 0 saturated heterocycles. The Bertz CT molecular complexity index is 383. The van der Waals surface area contributed by atoms with E-state index in [0.29, 0.717) is 6.54 Å². The van der Waals surface area contributed by atoms with Crippen LogP contribution in [0.2, 0.25) is 0 Å². The van der Waals surface area contributed by atoms with Gasteiger partial charge in [0.1, 0.15) is 5.60 Å². The molecule has 0 fully saturated rings. The van der Waals surface area contributed by atoms with Gasteiger partial charge in [-0.25, -0.2) is 4.79 Å². The molecule has 1 aromatic rings. The predicted octanol–water partition coefficient (Wildman–Crippen LogP) is 3.23. The van der Waals surface area contributed by atoms with Gasteiger partial charge in [-0.2, -0.15) is 0 Å². The van der Waals surface area contributed by atoms with Crippen LogP contribution in [0.3, 0.4) is 0 Å². The van der Waals surface area contributed by atoms with Gasteiger partial charge in [-0.1, -0.05) is 6.07 Å². The van der Waals surface area contributed by atoms with E-state index in [-0.39, 0.29) is 12.1 Å². The molecule has 0 spiro atoms. The van der Waals surface area contributed by atoms with Gasteiger partial charge < -0.3 is 9.64 Å². The lowest BCUT2D eigenvalue weighted by atomic mass is 10.2. The second kappa shape index (κ2) is 5.85. The third kappa shape index (κ3) is 4.73. The van der Waals surface area contributed by atoms with Gasteiger partial charge >= 0.3 is 6.09 Å². The molecule has 18 heavy (non-hydrogen) atoms. The maximum absolute atomic E-state index is 12.1. The van der Waals surface area contributed by atoms with E-state index in [9.17, 15) is 4.79 Å². The summed E-state index contributed by atoms with van der Waals surface area (Å²) in [4.78, 5) is 17.8. The molecule has 4 nitrogen and oxygen atoms in total. The summed E-state index contributed by atoms with van der Waals surface area (Å²) in [5.41, 5.74) is 0.524. The van der Waals surface area contributed by atoms with E-state index >= 15 is 0 Å². The van der Waals surface area contributed by atoms with Crippen LogP contribution >= 0.6 is 0 Å². The van der Waals surface area contributed by atoms with Crippen molar-refractivity contribution < 1.29 is 9.53 Å². The van der Waals surface area contributed by atoms with Crippen LogP contribution < -0.4 is 0 Å². The predicted molar refractivity (Wildman–Crippen MR) is 71.2 cm³/mol. The zero-order chi connectivity index (χ0) is 13.8. The van der Waals surface area contributed by atoms with Gasteiger partial charge in [0.2, 0.25) is 0 Å². The first-order chi connectivity index (χ1) is 8.29. The molecule has 0 aromatic carbocycles. The number of hydrogen-bond acceptors (Lipinski definition) is 3. The van der Waals surface area contributed by atoms with Crippen LogP contribution in [0, 0.1) is 0 Å². The molecule has 4 heteroatoms. The van der Waals surface area contributed by atoms with Gasteiger partial charge in [0, 0.05) is 18.4 Å². The highest BCUT2D eigenvalue weighted by molar-refractivity contribution is 5.68. The Morgan fingerprint density at radius 3 is 2.56 bits per heavy atom. The number of aromatic nitrogens is 1. The quantitative estimate of drug-likeness (QED) is 0.827. The van der Waals surface area contributed by atoms with Crippen molar-refractivity contribution in [3.8, 4) is 0 Å². The molecule has 1 rings (SSSR count). The van der Waals surface area contributed by atoms with E-state index in [1.165, 1.54) is 0 Å². The summed E-state index contributed by atoms with van der Waals surface area (Å²) in [6, 6.07) is 3.90. The summed E-state index contributed by atoms with van der Waals surface area (Å²) in [6.45, 7) is 10.1. The SMILES string of the molecule is CC(C)N(Cc1cccnc1)C(=O)OC(C)(C)C. The van der Waals surface area contributed by atoms with E-state index in [2.05, 4.69) is 4.98 Å². The van der Waals surface area contributed by atoms with Crippen LogP contribution in [0.15, 0.2) is 24.5 Å². The Kier molecular flexibility index (Phi) is 4.70. The lowest BCUT2D eigenvalue weighted by molar-refractivity contribution is 0.0172.